The van der Waals surface area contributed by atoms with Crippen molar-refractivity contribution in [2.24, 2.45) is 23.3 Å². The summed E-state index contributed by atoms with van der Waals surface area (Å²) in [5.41, 5.74) is 19.9. The highest BCUT2D eigenvalue weighted by molar-refractivity contribution is 5.97. The average molecular weight is 847 g/mol. The highest BCUT2D eigenvalue weighted by Gasteiger charge is 2.18. The van der Waals surface area contributed by atoms with Crippen LogP contribution < -0.4 is 32.7 Å². The monoisotopic (exact) mass is 846 g/mol. The molecule has 0 atom stereocenters. The van der Waals surface area contributed by atoms with Gasteiger partial charge >= 0.3 is 0 Å². The minimum absolute atomic E-state index is 0.111. The molecular weight excluding hydrogens is 797 g/mol. The van der Waals surface area contributed by atoms with Gasteiger partial charge in [0, 0.05) is 48.3 Å². The molecule has 4 aromatic carbocycles. The van der Waals surface area contributed by atoms with Gasteiger partial charge in [-0.3, -0.25) is 28.0 Å². The molecular formula is C47H50N12O4. The molecule has 0 saturated carbocycles. The minimum Gasteiger partial charge on any atom is -0.370 e. The molecule has 0 saturated heterocycles. The first kappa shape index (κ1) is 43.2. The summed E-state index contributed by atoms with van der Waals surface area (Å²) >= 11 is 0. The third-order valence-electron chi connectivity index (χ3n) is 9.98. The number of primary amides is 2. The topological polar surface area (TPSA) is 229 Å². The van der Waals surface area contributed by atoms with E-state index < -0.39 is 11.8 Å². The van der Waals surface area contributed by atoms with E-state index in [1.54, 1.807) is 24.3 Å². The normalized spacial score (nSPS) is 11.2. The number of aromatic nitrogens is 6. The second-order valence-electron chi connectivity index (χ2n) is 15.8. The van der Waals surface area contributed by atoms with Crippen LogP contribution in [0.3, 0.4) is 0 Å². The lowest BCUT2D eigenvalue weighted by molar-refractivity contribution is -0.118. The van der Waals surface area contributed by atoms with E-state index in [0.29, 0.717) is 23.0 Å². The lowest BCUT2D eigenvalue weighted by atomic mass is 10.1. The van der Waals surface area contributed by atoms with Gasteiger partial charge in [0.25, 0.3) is 11.8 Å². The molecule has 0 fully saturated rings. The molecule has 16 heteroatoms. The zero-order chi connectivity index (χ0) is 44.6. The number of hydrogen-bond donors (Lipinski definition) is 6. The van der Waals surface area contributed by atoms with Crippen LogP contribution in [0, 0.1) is 11.8 Å². The van der Waals surface area contributed by atoms with Gasteiger partial charge in [0.15, 0.2) is 22.9 Å². The van der Waals surface area contributed by atoms with Crippen LogP contribution in [0.2, 0.25) is 0 Å². The van der Waals surface area contributed by atoms with Crippen LogP contribution in [0.4, 0.5) is 11.6 Å². The first-order valence-corrected chi connectivity index (χ1v) is 20.7. The maximum Gasteiger partial charge on any atom is 0.251 e. The summed E-state index contributed by atoms with van der Waals surface area (Å²) in [5.74, 6) is 0.796. The van der Waals surface area contributed by atoms with Gasteiger partial charge in [-0.2, -0.15) is 0 Å². The SMILES string of the molecule is CC(C)CNc1nc2ccccc2n2c(-c3ccc(C(=O)NCC(N)=O)cc3)cnc12.CC(C)CNc1nc2ccccc2n2c(-c3ccc(C(=O)NCCC(N)=O)cc3)cnc12. The van der Waals surface area contributed by atoms with Gasteiger partial charge in [-0.15, -0.1) is 0 Å². The quantitative estimate of drug-likeness (QED) is 0.0699. The summed E-state index contributed by atoms with van der Waals surface area (Å²) in [6.07, 6.45) is 3.75. The molecule has 16 nitrogen and oxygen atoms in total. The summed E-state index contributed by atoms with van der Waals surface area (Å²) < 4.78 is 4.17. The number of carbonyl (C=O) groups is 4. The van der Waals surface area contributed by atoms with Crippen LogP contribution in [0.1, 0.15) is 54.8 Å². The third-order valence-corrected chi connectivity index (χ3v) is 9.98. The smallest absolute Gasteiger partial charge is 0.251 e. The van der Waals surface area contributed by atoms with Crippen molar-refractivity contribution >= 4 is 68.6 Å². The third kappa shape index (κ3) is 10.0. The Morgan fingerprint density at radius 1 is 0.571 bits per heavy atom. The molecule has 322 valence electrons. The van der Waals surface area contributed by atoms with E-state index in [4.69, 9.17) is 21.4 Å². The lowest BCUT2D eigenvalue weighted by Gasteiger charge is -2.13. The summed E-state index contributed by atoms with van der Waals surface area (Å²) in [4.78, 5) is 65.0. The lowest BCUT2D eigenvalue weighted by Crippen LogP contribution is -2.33. The first-order chi connectivity index (χ1) is 30.4. The Hall–Kier alpha value is -7.88. The van der Waals surface area contributed by atoms with Gasteiger partial charge in [-0.1, -0.05) is 76.2 Å². The van der Waals surface area contributed by atoms with Crippen LogP contribution in [-0.2, 0) is 9.59 Å². The zero-order valence-corrected chi connectivity index (χ0v) is 35.6. The van der Waals surface area contributed by atoms with Crippen LogP contribution in [0.15, 0.2) is 109 Å². The molecule has 0 aliphatic heterocycles. The Labute approximate surface area is 363 Å². The number of para-hydroxylation sites is 4. The molecule has 4 aromatic heterocycles. The van der Waals surface area contributed by atoms with Crippen molar-refractivity contribution in [3.63, 3.8) is 0 Å². The second-order valence-corrected chi connectivity index (χ2v) is 15.8. The number of fused-ring (bicyclic) bond motifs is 6. The molecule has 63 heavy (non-hydrogen) atoms. The van der Waals surface area contributed by atoms with E-state index in [1.807, 2.05) is 85.2 Å². The minimum atomic E-state index is -0.585. The first-order valence-electron chi connectivity index (χ1n) is 20.7. The standard InChI is InChI=1S/C24H26N6O2.C23H24N6O2/c1-15(2)13-27-22-23-28-14-20(30(23)19-6-4-3-5-18(19)29-22)16-7-9-17(10-8-16)24(32)26-12-11-21(25)31;1-14(2)11-25-21-22-26-12-19(29(22)18-6-4-3-5-17(18)28-21)15-7-9-16(10-8-15)23(31)27-13-20(24)30/h3-10,14-15H,11-13H2,1-2H3,(H2,25,31)(H,26,32)(H,27,29);3-10,12,14H,11,13H2,1-2H3,(H2,24,30)(H,25,28)(H,27,31). The van der Waals surface area contributed by atoms with Gasteiger partial charge in [0.2, 0.25) is 11.8 Å². The van der Waals surface area contributed by atoms with Crippen molar-refractivity contribution in [2.45, 2.75) is 34.1 Å². The average Bonchev–Trinajstić information content (AvgIpc) is 3.94. The van der Waals surface area contributed by atoms with Gasteiger partial charge < -0.3 is 32.7 Å². The number of amides is 4. The van der Waals surface area contributed by atoms with Crippen molar-refractivity contribution in [1.29, 1.82) is 0 Å². The van der Waals surface area contributed by atoms with Crippen molar-refractivity contribution < 1.29 is 19.2 Å². The summed E-state index contributed by atoms with van der Waals surface area (Å²) in [6, 6.07) is 30.3. The van der Waals surface area contributed by atoms with E-state index in [9.17, 15) is 19.2 Å². The Morgan fingerprint density at radius 2 is 1.00 bits per heavy atom. The molecule has 8 rings (SSSR count). The maximum absolute atomic E-state index is 12.3. The van der Waals surface area contributed by atoms with E-state index in [0.717, 1.165) is 80.6 Å². The van der Waals surface area contributed by atoms with Crippen molar-refractivity contribution in [1.82, 2.24) is 39.4 Å². The molecule has 4 amide bonds. The Bertz CT molecular complexity index is 2940. The predicted molar refractivity (Wildman–Crippen MR) is 246 cm³/mol. The van der Waals surface area contributed by atoms with Crippen LogP contribution >= 0.6 is 0 Å². The van der Waals surface area contributed by atoms with Crippen molar-refractivity contribution in [2.75, 3.05) is 36.8 Å². The van der Waals surface area contributed by atoms with E-state index in [-0.39, 0.29) is 31.3 Å². The van der Waals surface area contributed by atoms with Crippen LogP contribution in [0.25, 0.3) is 55.9 Å². The second kappa shape index (κ2) is 19.2. The molecule has 0 radical (unpaired) electrons. The molecule has 0 bridgehead atoms. The largest absolute Gasteiger partial charge is 0.370 e. The van der Waals surface area contributed by atoms with E-state index in [1.165, 1.54) is 0 Å². The summed E-state index contributed by atoms with van der Waals surface area (Å²) in [7, 11) is 0. The molecule has 8 N–H and O–H groups in total. The molecule has 0 aliphatic rings. The van der Waals surface area contributed by atoms with E-state index in [2.05, 4.69) is 67.7 Å². The molecule has 8 aromatic rings. The predicted octanol–water partition coefficient (Wildman–Crippen LogP) is 6.06. The number of nitrogens with two attached hydrogens (primary N) is 2. The number of benzene rings is 4. The fourth-order valence-electron chi connectivity index (χ4n) is 6.86. The summed E-state index contributed by atoms with van der Waals surface area (Å²) in [6.45, 7) is 10.2. The molecule has 0 spiro atoms. The number of imidazole rings is 2. The Kier molecular flexibility index (Phi) is 13.2. The van der Waals surface area contributed by atoms with Gasteiger partial charge in [0.05, 0.1) is 52.4 Å². The van der Waals surface area contributed by atoms with Gasteiger partial charge in [-0.25, -0.2) is 19.9 Å². The number of rotatable bonds is 15. The number of nitrogens with one attached hydrogen (secondary N) is 4. The molecule has 4 heterocycles. The molecule has 0 unspecified atom stereocenters. The van der Waals surface area contributed by atoms with Crippen molar-refractivity contribution in [3.05, 3.63) is 121 Å². The fraction of sp³-hybridized carbons (Fsp3) is 0.234. The van der Waals surface area contributed by atoms with Crippen LogP contribution in [0.5, 0.6) is 0 Å². The van der Waals surface area contributed by atoms with E-state index >= 15 is 0 Å². The van der Waals surface area contributed by atoms with Crippen molar-refractivity contribution in [3.8, 4) is 22.5 Å². The highest BCUT2D eigenvalue weighted by Crippen LogP contribution is 2.30. The highest BCUT2D eigenvalue weighted by atomic mass is 16.2. The Morgan fingerprint density at radius 3 is 1.41 bits per heavy atom. The van der Waals surface area contributed by atoms with Crippen LogP contribution in [-0.4, -0.2) is 78.5 Å². The number of nitrogens with zero attached hydrogens (tertiary/aromatic N) is 6. The van der Waals surface area contributed by atoms with Gasteiger partial charge in [0.1, 0.15) is 0 Å². The fourth-order valence-corrected chi connectivity index (χ4v) is 6.86. The number of anilines is 2. The zero-order valence-electron chi connectivity index (χ0n) is 35.6. The van der Waals surface area contributed by atoms with Gasteiger partial charge in [-0.05, 0) is 60.4 Å². The Balaban J connectivity index is 0.000000189. The number of hydrogen-bond acceptors (Lipinski definition) is 10. The molecule has 0 aliphatic carbocycles. The summed E-state index contributed by atoms with van der Waals surface area (Å²) in [5, 5.41) is 12.0. The number of carbonyl (C=O) groups excluding carboxylic acids is 4. The maximum atomic E-state index is 12.3.